The van der Waals surface area contributed by atoms with E-state index in [1.807, 2.05) is 62.5 Å². The first kappa shape index (κ1) is 20.4. The first-order valence-electron chi connectivity index (χ1n) is 9.37. The number of likely N-dealkylation sites (tertiary alicyclic amines) is 1. The van der Waals surface area contributed by atoms with Crippen LogP contribution in [0, 0.1) is 0 Å². The second-order valence-electron chi connectivity index (χ2n) is 7.79. The van der Waals surface area contributed by atoms with Crippen molar-refractivity contribution < 1.29 is 14.3 Å². The molecule has 1 atom stereocenters. The third kappa shape index (κ3) is 5.81. The summed E-state index contributed by atoms with van der Waals surface area (Å²) in [4.78, 5) is 19.3. The Hall–Kier alpha value is -2.38. The minimum Gasteiger partial charge on any atom is -0.444 e. The predicted molar refractivity (Wildman–Crippen MR) is 112 cm³/mol. The quantitative estimate of drug-likeness (QED) is 0.598. The van der Waals surface area contributed by atoms with Crippen molar-refractivity contribution in [2.45, 2.75) is 45.5 Å². The number of hydrogen-bond donors (Lipinski definition) is 1. The molecule has 28 heavy (non-hydrogen) atoms. The number of rotatable bonds is 5. The van der Waals surface area contributed by atoms with Gasteiger partial charge in [0, 0.05) is 6.54 Å². The fraction of sp³-hybridized carbons (Fsp3) is 0.429. The van der Waals surface area contributed by atoms with E-state index >= 15 is 0 Å². The number of carbonyl (C=O) groups excluding carboxylic acids is 1. The van der Waals surface area contributed by atoms with Gasteiger partial charge < -0.3 is 20.1 Å². The van der Waals surface area contributed by atoms with Crippen LogP contribution in [0.5, 0.6) is 0 Å². The van der Waals surface area contributed by atoms with Gasteiger partial charge in [-0.3, -0.25) is 0 Å². The van der Waals surface area contributed by atoms with Crippen LogP contribution < -0.4 is 5.73 Å². The molecule has 2 aromatic rings. The second-order valence-corrected chi connectivity index (χ2v) is 8.74. The Morgan fingerprint density at radius 3 is 2.86 bits per heavy atom. The Balaban J connectivity index is 1.53. The van der Waals surface area contributed by atoms with Crippen LogP contribution >= 0.6 is 11.3 Å². The van der Waals surface area contributed by atoms with Gasteiger partial charge in [-0.15, -0.1) is 11.3 Å². The van der Waals surface area contributed by atoms with Crippen molar-refractivity contribution >= 4 is 29.0 Å². The largest absolute Gasteiger partial charge is 0.444 e. The molecule has 0 spiro atoms. The summed E-state index contributed by atoms with van der Waals surface area (Å²) in [5.41, 5.74) is 7.40. The Morgan fingerprint density at radius 2 is 2.14 bits per heavy atom. The molecule has 1 fully saturated rings. The van der Waals surface area contributed by atoms with Crippen LogP contribution in [-0.4, -0.2) is 41.6 Å². The van der Waals surface area contributed by atoms with E-state index < -0.39 is 5.60 Å². The highest BCUT2D eigenvalue weighted by atomic mass is 32.1. The zero-order chi connectivity index (χ0) is 20.1. The van der Waals surface area contributed by atoms with E-state index in [-0.39, 0.29) is 12.2 Å². The number of amides is 1. The SMILES string of the molecule is CC(C)(C)OC(=O)N1CCC(OCc2cccc(N=C(N)c3cccs3)c2)C1. The van der Waals surface area contributed by atoms with Crippen molar-refractivity contribution in [1.82, 2.24) is 4.90 Å². The summed E-state index contributed by atoms with van der Waals surface area (Å²) in [6.07, 6.45) is 0.539. The lowest BCUT2D eigenvalue weighted by atomic mass is 10.2. The first-order chi connectivity index (χ1) is 13.3. The number of benzene rings is 1. The minimum atomic E-state index is -0.484. The third-order valence-electron chi connectivity index (χ3n) is 4.22. The molecule has 2 heterocycles. The van der Waals surface area contributed by atoms with E-state index in [9.17, 15) is 4.79 Å². The molecule has 7 heteroatoms. The molecule has 1 aromatic carbocycles. The van der Waals surface area contributed by atoms with E-state index in [4.69, 9.17) is 15.2 Å². The lowest BCUT2D eigenvalue weighted by molar-refractivity contribution is 0.0184. The van der Waals surface area contributed by atoms with Gasteiger partial charge in [-0.25, -0.2) is 9.79 Å². The van der Waals surface area contributed by atoms with E-state index in [1.54, 1.807) is 16.2 Å². The summed E-state index contributed by atoms with van der Waals surface area (Å²) >= 11 is 1.56. The van der Waals surface area contributed by atoms with Crippen LogP contribution in [0.15, 0.2) is 46.8 Å². The van der Waals surface area contributed by atoms with Gasteiger partial charge in [0.1, 0.15) is 11.4 Å². The normalized spacial score (nSPS) is 17.8. The molecule has 6 nitrogen and oxygen atoms in total. The Kier molecular flexibility index (Phi) is 6.36. The average molecular weight is 402 g/mol. The number of nitrogens with zero attached hydrogens (tertiary/aromatic N) is 2. The van der Waals surface area contributed by atoms with Crippen molar-refractivity contribution in [3.63, 3.8) is 0 Å². The van der Waals surface area contributed by atoms with Crippen LogP contribution in [0.25, 0.3) is 0 Å². The smallest absolute Gasteiger partial charge is 0.410 e. The minimum absolute atomic E-state index is 0.0101. The van der Waals surface area contributed by atoms with Crippen LogP contribution in [-0.2, 0) is 16.1 Å². The maximum Gasteiger partial charge on any atom is 0.410 e. The van der Waals surface area contributed by atoms with Crippen LogP contribution in [0.3, 0.4) is 0 Å². The Bertz CT molecular complexity index is 828. The molecule has 3 rings (SSSR count). The lowest BCUT2D eigenvalue weighted by Crippen LogP contribution is -2.36. The molecule has 0 saturated carbocycles. The van der Waals surface area contributed by atoms with Crippen molar-refractivity contribution in [2.24, 2.45) is 10.7 Å². The molecule has 1 amide bonds. The number of thiophene rings is 1. The number of amidine groups is 1. The molecule has 0 bridgehead atoms. The van der Waals surface area contributed by atoms with Gasteiger partial charge in [0.05, 0.1) is 29.8 Å². The summed E-state index contributed by atoms with van der Waals surface area (Å²) < 4.78 is 11.4. The van der Waals surface area contributed by atoms with Gasteiger partial charge in [-0.05, 0) is 56.3 Å². The van der Waals surface area contributed by atoms with Gasteiger partial charge in [0.2, 0.25) is 0 Å². The highest BCUT2D eigenvalue weighted by Gasteiger charge is 2.30. The highest BCUT2D eigenvalue weighted by molar-refractivity contribution is 7.12. The van der Waals surface area contributed by atoms with Gasteiger partial charge >= 0.3 is 6.09 Å². The number of aliphatic imine (C=N–C) groups is 1. The zero-order valence-electron chi connectivity index (χ0n) is 16.6. The summed E-state index contributed by atoms with van der Waals surface area (Å²) in [5.74, 6) is 0.511. The average Bonchev–Trinajstić information content (AvgIpc) is 3.31. The molecule has 0 radical (unpaired) electrons. The van der Waals surface area contributed by atoms with Crippen molar-refractivity contribution in [2.75, 3.05) is 13.1 Å². The monoisotopic (exact) mass is 401 g/mol. The molecular formula is C21H27N3O3S. The summed E-state index contributed by atoms with van der Waals surface area (Å²) in [7, 11) is 0. The van der Waals surface area contributed by atoms with Crippen LogP contribution in [0.2, 0.25) is 0 Å². The summed E-state index contributed by atoms with van der Waals surface area (Å²) in [5, 5.41) is 1.98. The molecule has 1 aromatic heterocycles. The molecule has 2 N–H and O–H groups in total. The summed E-state index contributed by atoms with van der Waals surface area (Å²) in [6.45, 7) is 7.29. The molecule has 150 valence electrons. The lowest BCUT2D eigenvalue weighted by Gasteiger charge is -2.24. The Morgan fingerprint density at radius 1 is 1.32 bits per heavy atom. The fourth-order valence-electron chi connectivity index (χ4n) is 2.90. The predicted octanol–water partition coefficient (Wildman–Crippen LogP) is 4.31. The number of carbonyl (C=O) groups is 1. The molecular weight excluding hydrogens is 374 g/mol. The maximum atomic E-state index is 12.1. The van der Waals surface area contributed by atoms with Gasteiger partial charge in [-0.2, -0.15) is 0 Å². The van der Waals surface area contributed by atoms with Crippen molar-refractivity contribution in [1.29, 1.82) is 0 Å². The topological polar surface area (TPSA) is 77.1 Å². The van der Waals surface area contributed by atoms with Crippen molar-refractivity contribution in [3.05, 3.63) is 52.2 Å². The number of ether oxygens (including phenoxy) is 2. The van der Waals surface area contributed by atoms with Crippen LogP contribution in [0.4, 0.5) is 10.5 Å². The molecule has 1 unspecified atom stereocenters. The number of nitrogens with two attached hydrogens (primary N) is 1. The maximum absolute atomic E-state index is 12.1. The first-order valence-corrected chi connectivity index (χ1v) is 10.2. The fourth-order valence-corrected chi connectivity index (χ4v) is 3.53. The van der Waals surface area contributed by atoms with Gasteiger partial charge in [0.25, 0.3) is 0 Å². The third-order valence-corrected chi connectivity index (χ3v) is 5.11. The standard InChI is InChI=1S/C21H27N3O3S/c1-21(2,3)27-20(25)24-10-9-17(13-24)26-14-15-6-4-7-16(12-15)23-19(22)18-8-5-11-28-18/h4-8,11-12,17H,9-10,13-14H2,1-3H3,(H2,22,23). The number of hydrogen-bond acceptors (Lipinski definition) is 5. The van der Waals surface area contributed by atoms with Crippen molar-refractivity contribution in [3.8, 4) is 0 Å². The highest BCUT2D eigenvalue weighted by Crippen LogP contribution is 2.21. The van der Waals surface area contributed by atoms with E-state index in [0.29, 0.717) is 25.5 Å². The Labute approximate surface area is 170 Å². The summed E-state index contributed by atoms with van der Waals surface area (Å²) in [6, 6.07) is 11.7. The molecule has 1 aliphatic heterocycles. The molecule has 1 aliphatic rings. The van der Waals surface area contributed by atoms with Gasteiger partial charge in [-0.1, -0.05) is 18.2 Å². The van der Waals surface area contributed by atoms with E-state index in [2.05, 4.69) is 4.99 Å². The zero-order valence-corrected chi connectivity index (χ0v) is 17.4. The molecule has 1 saturated heterocycles. The van der Waals surface area contributed by atoms with E-state index in [1.165, 1.54) is 0 Å². The van der Waals surface area contributed by atoms with Gasteiger partial charge in [0.15, 0.2) is 0 Å². The second kappa shape index (κ2) is 8.75. The van der Waals surface area contributed by atoms with Crippen LogP contribution in [0.1, 0.15) is 37.6 Å². The van der Waals surface area contributed by atoms with E-state index in [0.717, 1.165) is 22.5 Å². The molecule has 0 aliphatic carbocycles.